The Hall–Kier alpha value is -0.970. The van der Waals surface area contributed by atoms with E-state index in [2.05, 4.69) is 13.8 Å². The molecular formula is C8H20ClN5. The van der Waals surface area contributed by atoms with E-state index in [-0.39, 0.29) is 24.3 Å². The van der Waals surface area contributed by atoms with E-state index < -0.39 is 0 Å². The Morgan fingerprint density at radius 2 is 1.64 bits per heavy atom. The lowest BCUT2D eigenvalue weighted by atomic mass is 10.1. The normalized spacial score (nSPS) is 9.36. The maximum Gasteiger partial charge on any atom is 0.195 e. The van der Waals surface area contributed by atoms with Crippen molar-refractivity contribution < 1.29 is 0 Å². The van der Waals surface area contributed by atoms with Gasteiger partial charge in [-0.3, -0.25) is 15.7 Å². The monoisotopic (exact) mass is 221 g/mol. The lowest BCUT2D eigenvalue weighted by Gasteiger charge is -2.20. The average molecular weight is 222 g/mol. The van der Waals surface area contributed by atoms with Gasteiger partial charge in [-0.1, -0.05) is 13.8 Å². The van der Waals surface area contributed by atoms with Crippen molar-refractivity contribution in [1.82, 2.24) is 4.90 Å². The summed E-state index contributed by atoms with van der Waals surface area (Å²) in [6.45, 7) is 4.82. The fourth-order valence-corrected chi connectivity index (χ4v) is 1.03. The lowest BCUT2D eigenvalue weighted by molar-refractivity contribution is 0.486. The summed E-state index contributed by atoms with van der Waals surface area (Å²) in [4.78, 5) is 1.29. The molecule has 0 fully saturated rings. The van der Waals surface area contributed by atoms with Crippen molar-refractivity contribution in [2.45, 2.75) is 26.7 Å². The molecule has 0 aliphatic rings. The first-order valence-electron chi connectivity index (χ1n) is 4.40. The van der Waals surface area contributed by atoms with Crippen LogP contribution in [0.5, 0.6) is 0 Å². The van der Waals surface area contributed by atoms with E-state index in [1.807, 2.05) is 0 Å². The van der Waals surface area contributed by atoms with E-state index in [0.717, 1.165) is 12.8 Å². The van der Waals surface area contributed by atoms with E-state index in [0.29, 0.717) is 12.5 Å². The van der Waals surface area contributed by atoms with E-state index >= 15 is 0 Å². The van der Waals surface area contributed by atoms with E-state index in [9.17, 15) is 0 Å². The molecule has 6 heteroatoms. The molecule has 0 atom stereocenters. The van der Waals surface area contributed by atoms with Crippen molar-refractivity contribution in [2.75, 3.05) is 6.54 Å². The molecule has 0 bridgehead atoms. The van der Waals surface area contributed by atoms with Crippen LogP contribution in [0.3, 0.4) is 0 Å². The molecule has 6 N–H and O–H groups in total. The molecule has 0 saturated carbocycles. The molecule has 0 unspecified atom stereocenters. The predicted molar refractivity (Wildman–Crippen MR) is 61.9 cm³/mol. The number of hydrogen-bond donors (Lipinski definition) is 4. The Morgan fingerprint density at radius 1 is 1.21 bits per heavy atom. The molecule has 0 aromatic heterocycles. The molecule has 0 saturated heterocycles. The van der Waals surface area contributed by atoms with Crippen LogP contribution in [0, 0.1) is 16.7 Å². The van der Waals surface area contributed by atoms with E-state index in [1.165, 1.54) is 4.90 Å². The van der Waals surface area contributed by atoms with Crippen LogP contribution in [0.25, 0.3) is 0 Å². The van der Waals surface area contributed by atoms with Crippen LogP contribution >= 0.6 is 12.4 Å². The zero-order chi connectivity index (χ0) is 10.4. The predicted octanol–water partition coefficient (Wildman–Crippen LogP) is 0.933. The lowest BCUT2D eigenvalue weighted by Crippen LogP contribution is -2.45. The van der Waals surface area contributed by atoms with Gasteiger partial charge < -0.3 is 11.5 Å². The number of halogens is 1. The Morgan fingerprint density at radius 3 is 1.93 bits per heavy atom. The Bertz CT molecular complexity index is 178. The van der Waals surface area contributed by atoms with Crippen molar-refractivity contribution in [2.24, 2.45) is 17.4 Å². The summed E-state index contributed by atoms with van der Waals surface area (Å²) < 4.78 is 0. The van der Waals surface area contributed by atoms with Crippen molar-refractivity contribution in [3.05, 3.63) is 0 Å². The Labute approximate surface area is 91.3 Å². The molecular weight excluding hydrogens is 202 g/mol. The number of rotatable bonds is 4. The number of nitrogens with zero attached hydrogens (tertiary/aromatic N) is 1. The highest BCUT2D eigenvalue weighted by Crippen LogP contribution is 2.04. The van der Waals surface area contributed by atoms with Gasteiger partial charge in [-0.15, -0.1) is 12.4 Å². The van der Waals surface area contributed by atoms with Gasteiger partial charge in [-0.05, 0) is 18.8 Å². The van der Waals surface area contributed by atoms with Crippen LogP contribution < -0.4 is 11.5 Å². The maximum absolute atomic E-state index is 7.15. The second-order valence-corrected chi connectivity index (χ2v) is 3.46. The van der Waals surface area contributed by atoms with Crippen molar-refractivity contribution in [3.63, 3.8) is 0 Å². The van der Waals surface area contributed by atoms with Crippen LogP contribution in [0.1, 0.15) is 26.7 Å². The summed E-state index contributed by atoms with van der Waals surface area (Å²) in [5.74, 6) is 0.313. The number of guanidine groups is 2. The van der Waals surface area contributed by atoms with Gasteiger partial charge in [0, 0.05) is 6.54 Å². The standard InChI is InChI=1S/C8H19N5.ClH/c1-6(2)4-3-5-13(7(9)10)8(11)12;/h6H,3-5H2,1-2H3,(H3,9,10)(H3,11,12);1H. The van der Waals surface area contributed by atoms with Gasteiger partial charge in [0.1, 0.15) is 0 Å². The SMILES string of the molecule is CC(C)CCCN(C(=N)N)C(=N)N.Cl. The second kappa shape index (κ2) is 7.44. The largest absolute Gasteiger partial charge is 0.370 e. The van der Waals surface area contributed by atoms with Gasteiger partial charge in [-0.2, -0.15) is 0 Å². The summed E-state index contributed by atoms with van der Waals surface area (Å²) in [6.07, 6.45) is 1.95. The average Bonchev–Trinajstić information content (AvgIpc) is 1.95. The molecule has 0 radical (unpaired) electrons. The highest BCUT2D eigenvalue weighted by molar-refractivity contribution is 5.94. The third-order valence-corrected chi connectivity index (χ3v) is 1.74. The van der Waals surface area contributed by atoms with Crippen LogP contribution in [0.4, 0.5) is 0 Å². The molecule has 0 rings (SSSR count). The highest BCUT2D eigenvalue weighted by atomic mass is 35.5. The molecule has 0 aliphatic heterocycles. The first-order valence-corrected chi connectivity index (χ1v) is 4.40. The van der Waals surface area contributed by atoms with Gasteiger partial charge in [0.2, 0.25) is 0 Å². The van der Waals surface area contributed by atoms with E-state index in [4.69, 9.17) is 22.3 Å². The van der Waals surface area contributed by atoms with Gasteiger partial charge in [0.25, 0.3) is 0 Å². The molecule has 0 amide bonds. The first-order chi connectivity index (χ1) is 5.95. The quantitative estimate of drug-likeness (QED) is 0.420. The molecule has 0 aromatic rings. The van der Waals surface area contributed by atoms with Crippen molar-refractivity contribution in [3.8, 4) is 0 Å². The fourth-order valence-electron chi connectivity index (χ4n) is 1.03. The van der Waals surface area contributed by atoms with Gasteiger partial charge >= 0.3 is 0 Å². The van der Waals surface area contributed by atoms with Crippen molar-refractivity contribution in [1.29, 1.82) is 10.8 Å². The van der Waals surface area contributed by atoms with Gasteiger partial charge in [0.05, 0.1) is 0 Å². The summed E-state index contributed by atoms with van der Waals surface area (Å²) in [7, 11) is 0. The van der Waals surface area contributed by atoms with Crippen LogP contribution in [0.2, 0.25) is 0 Å². The smallest absolute Gasteiger partial charge is 0.195 e. The Kier molecular flexibility index (Phi) is 8.23. The van der Waals surface area contributed by atoms with Gasteiger partial charge in [-0.25, -0.2) is 0 Å². The minimum atomic E-state index is -0.156. The molecule has 0 spiro atoms. The highest BCUT2D eigenvalue weighted by Gasteiger charge is 2.08. The minimum Gasteiger partial charge on any atom is -0.370 e. The minimum absolute atomic E-state index is 0. The van der Waals surface area contributed by atoms with Crippen LogP contribution in [0.15, 0.2) is 0 Å². The van der Waals surface area contributed by atoms with Gasteiger partial charge in [0.15, 0.2) is 11.9 Å². The molecule has 0 heterocycles. The molecule has 0 aromatic carbocycles. The summed E-state index contributed by atoms with van der Waals surface area (Å²) in [5, 5.41) is 14.3. The summed E-state index contributed by atoms with van der Waals surface area (Å²) >= 11 is 0. The van der Waals surface area contributed by atoms with E-state index in [1.54, 1.807) is 0 Å². The third-order valence-electron chi connectivity index (χ3n) is 1.74. The number of hydrogen-bond acceptors (Lipinski definition) is 2. The fraction of sp³-hybridized carbons (Fsp3) is 0.750. The summed E-state index contributed by atoms with van der Waals surface area (Å²) in [6, 6.07) is 0. The molecule has 14 heavy (non-hydrogen) atoms. The zero-order valence-electron chi connectivity index (χ0n) is 8.71. The van der Waals surface area contributed by atoms with Crippen molar-refractivity contribution >= 4 is 24.3 Å². The van der Waals surface area contributed by atoms with Crippen LogP contribution in [-0.4, -0.2) is 23.4 Å². The maximum atomic E-state index is 7.15. The second-order valence-electron chi connectivity index (χ2n) is 3.46. The number of nitrogens with one attached hydrogen (secondary N) is 2. The zero-order valence-corrected chi connectivity index (χ0v) is 9.53. The Balaban J connectivity index is 0. The molecule has 0 aliphatic carbocycles. The number of nitrogens with two attached hydrogens (primary N) is 2. The topological polar surface area (TPSA) is 103 Å². The first kappa shape index (κ1) is 15.5. The molecule has 5 nitrogen and oxygen atoms in total. The van der Waals surface area contributed by atoms with Crippen LogP contribution in [-0.2, 0) is 0 Å². The summed E-state index contributed by atoms with van der Waals surface area (Å²) in [5.41, 5.74) is 10.5. The molecule has 84 valence electrons. The third kappa shape index (κ3) is 6.54.